The third-order valence-corrected chi connectivity index (χ3v) is 5.00. The Kier molecular flexibility index (Phi) is 5.58. The Bertz CT molecular complexity index is 920. The van der Waals surface area contributed by atoms with Gasteiger partial charge in [0.25, 0.3) is 17.5 Å². The first-order valence-corrected chi connectivity index (χ1v) is 9.10. The summed E-state index contributed by atoms with van der Waals surface area (Å²) >= 11 is 0. The topological polar surface area (TPSA) is 119 Å². The molecular weight excluding hydrogens is 360 g/mol. The van der Waals surface area contributed by atoms with E-state index in [2.05, 4.69) is 12.2 Å². The summed E-state index contributed by atoms with van der Waals surface area (Å²) in [5.74, 6) is -0.613. The van der Waals surface area contributed by atoms with Crippen molar-refractivity contribution in [3.05, 3.63) is 63.7 Å². The van der Waals surface area contributed by atoms with E-state index in [-0.39, 0.29) is 22.5 Å². The number of nitro benzene ring substituents is 1. The molecule has 0 aliphatic carbocycles. The van der Waals surface area contributed by atoms with Crippen molar-refractivity contribution in [1.82, 2.24) is 0 Å². The van der Waals surface area contributed by atoms with Crippen LogP contribution in [0.15, 0.2) is 42.5 Å². The average molecular weight is 382 g/mol. The largest absolute Gasteiger partial charge is 0.366 e. The van der Waals surface area contributed by atoms with Gasteiger partial charge in [-0.05, 0) is 43.0 Å². The average Bonchev–Trinajstić information content (AvgIpc) is 2.68. The highest BCUT2D eigenvalue weighted by atomic mass is 16.6. The van der Waals surface area contributed by atoms with Crippen molar-refractivity contribution in [2.24, 2.45) is 11.7 Å². The fourth-order valence-corrected chi connectivity index (χ4v) is 3.33. The highest BCUT2D eigenvalue weighted by molar-refractivity contribution is 6.09. The number of rotatable bonds is 5. The molecule has 3 N–H and O–H groups in total. The van der Waals surface area contributed by atoms with Crippen LogP contribution in [-0.2, 0) is 0 Å². The molecule has 8 heteroatoms. The molecule has 1 fully saturated rings. The third-order valence-electron chi connectivity index (χ3n) is 5.00. The van der Waals surface area contributed by atoms with Crippen molar-refractivity contribution in [3.8, 4) is 0 Å². The number of nitro groups is 1. The number of para-hydroxylation sites is 1. The monoisotopic (exact) mass is 382 g/mol. The van der Waals surface area contributed by atoms with Crippen LogP contribution in [0.25, 0.3) is 0 Å². The number of anilines is 2. The zero-order valence-corrected chi connectivity index (χ0v) is 15.6. The van der Waals surface area contributed by atoms with Crippen molar-refractivity contribution in [3.63, 3.8) is 0 Å². The number of nitrogens with two attached hydrogens (primary N) is 1. The van der Waals surface area contributed by atoms with Gasteiger partial charge in [-0.15, -0.1) is 0 Å². The molecule has 0 bridgehead atoms. The number of carbonyl (C=O) groups is 2. The molecule has 1 aliphatic heterocycles. The number of amides is 2. The van der Waals surface area contributed by atoms with Gasteiger partial charge in [0.1, 0.15) is 5.69 Å². The van der Waals surface area contributed by atoms with Crippen LogP contribution in [0.4, 0.5) is 17.1 Å². The van der Waals surface area contributed by atoms with Crippen molar-refractivity contribution in [2.75, 3.05) is 23.3 Å². The van der Waals surface area contributed by atoms with Gasteiger partial charge in [0.05, 0.1) is 16.2 Å². The Hall–Kier alpha value is -3.42. The predicted molar refractivity (Wildman–Crippen MR) is 107 cm³/mol. The molecule has 0 atom stereocenters. The summed E-state index contributed by atoms with van der Waals surface area (Å²) in [6.07, 6.45) is 1.95. The van der Waals surface area contributed by atoms with Gasteiger partial charge < -0.3 is 16.0 Å². The van der Waals surface area contributed by atoms with Crippen molar-refractivity contribution < 1.29 is 14.5 Å². The molecule has 28 heavy (non-hydrogen) atoms. The number of primary amides is 1. The highest BCUT2D eigenvalue weighted by Crippen LogP contribution is 2.32. The second-order valence-corrected chi connectivity index (χ2v) is 6.99. The minimum atomic E-state index is -0.670. The molecule has 0 unspecified atom stereocenters. The van der Waals surface area contributed by atoms with Gasteiger partial charge in [-0.3, -0.25) is 19.7 Å². The molecule has 146 valence electrons. The van der Waals surface area contributed by atoms with E-state index in [1.54, 1.807) is 30.3 Å². The normalized spacial score (nSPS) is 14.5. The Morgan fingerprint density at radius 3 is 2.50 bits per heavy atom. The van der Waals surface area contributed by atoms with Gasteiger partial charge >= 0.3 is 0 Å². The zero-order chi connectivity index (χ0) is 20.3. The lowest BCUT2D eigenvalue weighted by Crippen LogP contribution is -2.33. The van der Waals surface area contributed by atoms with Gasteiger partial charge in [0.15, 0.2) is 0 Å². The number of nitrogens with zero attached hydrogens (tertiary/aromatic N) is 2. The van der Waals surface area contributed by atoms with E-state index in [1.807, 2.05) is 4.90 Å². The second-order valence-electron chi connectivity index (χ2n) is 6.99. The quantitative estimate of drug-likeness (QED) is 0.608. The number of piperidine rings is 1. The third kappa shape index (κ3) is 4.11. The molecule has 0 radical (unpaired) electrons. The number of benzene rings is 2. The first-order chi connectivity index (χ1) is 13.4. The summed E-state index contributed by atoms with van der Waals surface area (Å²) in [4.78, 5) is 37.2. The van der Waals surface area contributed by atoms with Crippen LogP contribution in [0.1, 0.15) is 40.5 Å². The SMILES string of the molecule is CC1CCN(c2ccc(C(=O)Nc3ccccc3C(N)=O)cc2[N+](=O)[O-])CC1. The maximum absolute atomic E-state index is 12.6. The number of nitrogens with one attached hydrogen (secondary N) is 1. The van der Waals surface area contributed by atoms with Crippen LogP contribution in [0.3, 0.4) is 0 Å². The Morgan fingerprint density at radius 2 is 1.86 bits per heavy atom. The minimum absolute atomic E-state index is 0.106. The number of hydrogen-bond donors (Lipinski definition) is 2. The molecule has 2 amide bonds. The van der Waals surface area contributed by atoms with Crippen LogP contribution in [-0.4, -0.2) is 29.8 Å². The smallest absolute Gasteiger partial charge is 0.293 e. The van der Waals surface area contributed by atoms with E-state index < -0.39 is 16.7 Å². The molecule has 1 heterocycles. The summed E-state index contributed by atoms with van der Waals surface area (Å²) in [5.41, 5.74) is 6.30. The summed E-state index contributed by atoms with van der Waals surface area (Å²) in [7, 11) is 0. The lowest BCUT2D eigenvalue weighted by atomic mass is 9.98. The maximum atomic E-state index is 12.6. The molecule has 3 rings (SSSR count). The van der Waals surface area contributed by atoms with Crippen LogP contribution in [0, 0.1) is 16.0 Å². The number of carbonyl (C=O) groups excluding carboxylic acids is 2. The van der Waals surface area contributed by atoms with E-state index in [0.29, 0.717) is 11.6 Å². The van der Waals surface area contributed by atoms with Crippen molar-refractivity contribution in [1.29, 1.82) is 0 Å². The molecule has 1 saturated heterocycles. The molecule has 8 nitrogen and oxygen atoms in total. The first-order valence-electron chi connectivity index (χ1n) is 9.10. The van der Waals surface area contributed by atoms with E-state index in [4.69, 9.17) is 5.73 Å². The molecule has 1 aliphatic rings. The second kappa shape index (κ2) is 8.08. The van der Waals surface area contributed by atoms with Gasteiger partial charge in [-0.25, -0.2) is 0 Å². The number of hydrogen-bond acceptors (Lipinski definition) is 5. The van der Waals surface area contributed by atoms with Crippen molar-refractivity contribution in [2.45, 2.75) is 19.8 Å². The Balaban J connectivity index is 1.87. The molecule has 0 spiro atoms. The molecule has 0 saturated carbocycles. The first kappa shape index (κ1) is 19.3. The Morgan fingerprint density at radius 1 is 1.18 bits per heavy atom. The van der Waals surface area contributed by atoms with E-state index in [9.17, 15) is 19.7 Å². The maximum Gasteiger partial charge on any atom is 0.293 e. The van der Waals surface area contributed by atoms with Crippen LogP contribution >= 0.6 is 0 Å². The lowest BCUT2D eigenvalue weighted by molar-refractivity contribution is -0.384. The molecule has 2 aromatic rings. The standard InChI is InChI=1S/C20H22N4O4/c1-13-8-10-23(11-9-13)17-7-6-14(12-18(17)24(27)28)20(26)22-16-5-3-2-4-15(16)19(21)25/h2-7,12-13H,8-11H2,1H3,(H2,21,25)(H,22,26). The zero-order valence-electron chi connectivity index (χ0n) is 15.6. The predicted octanol–water partition coefficient (Wildman–Crippen LogP) is 3.18. The van der Waals surface area contributed by atoms with Gasteiger partial charge in [-0.1, -0.05) is 19.1 Å². The summed E-state index contributed by atoms with van der Waals surface area (Å²) < 4.78 is 0. The fourth-order valence-electron chi connectivity index (χ4n) is 3.33. The minimum Gasteiger partial charge on any atom is -0.366 e. The summed E-state index contributed by atoms with van der Waals surface area (Å²) in [6, 6.07) is 10.8. The summed E-state index contributed by atoms with van der Waals surface area (Å²) in [5, 5.41) is 14.2. The van der Waals surface area contributed by atoms with Gasteiger partial charge in [0.2, 0.25) is 0 Å². The van der Waals surface area contributed by atoms with Crippen LogP contribution < -0.4 is 16.0 Å². The summed E-state index contributed by atoms with van der Waals surface area (Å²) in [6.45, 7) is 3.67. The van der Waals surface area contributed by atoms with Crippen LogP contribution in [0.2, 0.25) is 0 Å². The molecular formula is C20H22N4O4. The van der Waals surface area contributed by atoms with Crippen LogP contribution in [0.5, 0.6) is 0 Å². The van der Waals surface area contributed by atoms with E-state index in [0.717, 1.165) is 25.9 Å². The van der Waals surface area contributed by atoms with Gasteiger partial charge in [-0.2, -0.15) is 0 Å². The molecule has 0 aromatic heterocycles. The fraction of sp³-hybridized carbons (Fsp3) is 0.300. The van der Waals surface area contributed by atoms with Crippen molar-refractivity contribution >= 4 is 28.9 Å². The highest BCUT2D eigenvalue weighted by Gasteiger charge is 2.25. The van der Waals surface area contributed by atoms with Gasteiger partial charge in [0, 0.05) is 24.7 Å². The lowest BCUT2D eigenvalue weighted by Gasteiger charge is -2.31. The molecule has 2 aromatic carbocycles. The Labute approximate surface area is 162 Å². The van der Waals surface area contributed by atoms with E-state index in [1.165, 1.54) is 12.1 Å². The van der Waals surface area contributed by atoms with E-state index >= 15 is 0 Å².